The van der Waals surface area contributed by atoms with E-state index in [2.05, 4.69) is 124 Å². The third-order valence-electron chi connectivity index (χ3n) is 9.80. The van der Waals surface area contributed by atoms with Crippen LogP contribution >= 0.6 is 0 Å². The normalized spacial score (nSPS) is 23.7. The van der Waals surface area contributed by atoms with Crippen molar-refractivity contribution < 1.29 is 0 Å². The average Bonchev–Trinajstić information content (AvgIpc) is 3.65. The van der Waals surface area contributed by atoms with Crippen molar-refractivity contribution in [3.05, 3.63) is 146 Å². The Kier molecular flexibility index (Phi) is 6.53. The maximum Gasteiger partial charge on any atom is 0.122 e. The summed E-state index contributed by atoms with van der Waals surface area (Å²) in [4.78, 5) is 0. The number of benzene rings is 3. The van der Waals surface area contributed by atoms with E-state index in [0.717, 1.165) is 30.5 Å². The maximum absolute atomic E-state index is 2.72. The molecular formula is C37H38Si3. The molecule has 0 amide bonds. The van der Waals surface area contributed by atoms with Crippen LogP contribution in [0.3, 0.4) is 0 Å². The zero-order chi connectivity index (χ0) is 27.5. The van der Waals surface area contributed by atoms with E-state index in [1.165, 1.54) is 58.7 Å². The summed E-state index contributed by atoms with van der Waals surface area (Å²) in [6.45, 7) is 9.99. The first-order valence-electron chi connectivity index (χ1n) is 15.0. The van der Waals surface area contributed by atoms with Crippen molar-refractivity contribution in [3.8, 4) is 0 Å². The second-order valence-corrected chi connectivity index (χ2v) is 21.4. The number of allylic oxidation sites excluding steroid dienone is 7. The molecule has 40 heavy (non-hydrogen) atoms. The van der Waals surface area contributed by atoms with Crippen molar-refractivity contribution in [2.24, 2.45) is 5.92 Å². The van der Waals surface area contributed by atoms with Gasteiger partial charge in [0.15, 0.2) is 0 Å². The van der Waals surface area contributed by atoms with Crippen molar-refractivity contribution in [2.45, 2.75) is 63.2 Å². The van der Waals surface area contributed by atoms with E-state index in [9.17, 15) is 0 Å². The van der Waals surface area contributed by atoms with Gasteiger partial charge in [0.05, 0.1) is 5.41 Å². The molecule has 4 aliphatic rings. The lowest BCUT2D eigenvalue weighted by Crippen LogP contribution is -2.33. The summed E-state index contributed by atoms with van der Waals surface area (Å²) in [5.74, 6) is 0.761. The van der Waals surface area contributed by atoms with Crippen LogP contribution in [0.15, 0.2) is 124 Å². The van der Waals surface area contributed by atoms with E-state index in [1.54, 1.807) is 21.2 Å². The van der Waals surface area contributed by atoms with Crippen molar-refractivity contribution in [1.82, 2.24) is 0 Å². The van der Waals surface area contributed by atoms with E-state index in [4.69, 9.17) is 0 Å². The van der Waals surface area contributed by atoms with Crippen molar-refractivity contribution in [3.63, 3.8) is 0 Å². The lowest BCUT2D eigenvalue weighted by atomic mass is 9.66. The molecule has 2 unspecified atom stereocenters. The second-order valence-electron chi connectivity index (χ2n) is 13.3. The molecule has 0 spiro atoms. The van der Waals surface area contributed by atoms with Gasteiger partial charge in [0.1, 0.15) is 19.0 Å². The van der Waals surface area contributed by atoms with Crippen molar-refractivity contribution in [1.29, 1.82) is 0 Å². The maximum atomic E-state index is 2.72. The highest BCUT2D eigenvalue weighted by atomic mass is 28.3. The number of hydrogen-bond acceptors (Lipinski definition) is 0. The van der Waals surface area contributed by atoms with Crippen molar-refractivity contribution in [2.75, 3.05) is 0 Å². The Hall–Kier alpha value is -2.73. The highest BCUT2D eigenvalue weighted by Gasteiger charge is 2.51. The van der Waals surface area contributed by atoms with Crippen LogP contribution in [0.4, 0.5) is 0 Å². The average molecular weight is 567 g/mol. The summed E-state index contributed by atoms with van der Waals surface area (Å²) < 4.78 is 0. The fourth-order valence-corrected chi connectivity index (χ4v) is 13.2. The standard InChI is InChI=1S/C37H38Si3/c1-25-13-11-14-26(21-25)33-23-31-35(38-33)36-32(24-34(39-36)27-15-12-20-30(22-27)40(2,3)4)37(31,28-16-7-5-8-17-28)29-18-9-6-10-19-29/h5-11,13-14,16-19,21,23-24,27,30H,12,15,20,22H2,1-4H3. The molecule has 3 aromatic carbocycles. The highest BCUT2D eigenvalue weighted by Crippen LogP contribution is 2.59. The minimum Gasteiger partial charge on any atom is -0.0760 e. The zero-order valence-corrected chi connectivity index (χ0v) is 27.2. The lowest BCUT2D eigenvalue weighted by Gasteiger charge is -2.38. The number of fused-ring (bicyclic) bond motifs is 1. The van der Waals surface area contributed by atoms with Crippen LogP contribution in [0.2, 0.25) is 25.2 Å². The molecule has 0 aromatic heterocycles. The summed E-state index contributed by atoms with van der Waals surface area (Å²) in [7, 11) is 0.412. The lowest BCUT2D eigenvalue weighted by molar-refractivity contribution is 0.405. The minimum absolute atomic E-state index is 0.229. The van der Waals surface area contributed by atoms with Crippen LogP contribution in [0.1, 0.15) is 47.9 Å². The smallest absolute Gasteiger partial charge is 0.0760 e. The van der Waals surface area contributed by atoms with Gasteiger partial charge >= 0.3 is 0 Å². The van der Waals surface area contributed by atoms with Crippen LogP contribution in [0.5, 0.6) is 0 Å². The monoisotopic (exact) mass is 566 g/mol. The van der Waals surface area contributed by atoms with Crippen LogP contribution in [-0.2, 0) is 5.41 Å². The van der Waals surface area contributed by atoms with E-state index >= 15 is 0 Å². The molecule has 0 saturated heterocycles. The molecule has 1 fully saturated rings. The molecule has 4 radical (unpaired) electrons. The Bertz CT molecular complexity index is 1540. The highest BCUT2D eigenvalue weighted by molar-refractivity contribution is 6.77. The molecule has 2 atom stereocenters. The first-order chi connectivity index (χ1) is 19.4. The molecular weight excluding hydrogens is 529 g/mol. The van der Waals surface area contributed by atoms with Crippen LogP contribution in [-0.4, -0.2) is 27.1 Å². The summed E-state index contributed by atoms with van der Waals surface area (Å²) in [6.07, 6.45) is 11.0. The molecule has 2 heterocycles. The number of rotatable bonds is 5. The van der Waals surface area contributed by atoms with Gasteiger partial charge in [-0.3, -0.25) is 0 Å². The minimum atomic E-state index is -1.14. The Morgan fingerprint density at radius 2 is 1.38 bits per heavy atom. The predicted molar refractivity (Wildman–Crippen MR) is 176 cm³/mol. The first-order valence-corrected chi connectivity index (χ1v) is 20.6. The van der Waals surface area contributed by atoms with Gasteiger partial charge in [-0.2, -0.15) is 0 Å². The molecule has 2 aliphatic heterocycles. The summed E-state index contributed by atoms with van der Waals surface area (Å²) in [6, 6.07) is 31.9. The van der Waals surface area contributed by atoms with Gasteiger partial charge in [0, 0.05) is 8.07 Å². The molecule has 3 aromatic rings. The van der Waals surface area contributed by atoms with Gasteiger partial charge in [-0.15, -0.1) is 0 Å². The van der Waals surface area contributed by atoms with Gasteiger partial charge in [0.25, 0.3) is 0 Å². The van der Waals surface area contributed by atoms with Crippen LogP contribution < -0.4 is 0 Å². The molecule has 1 saturated carbocycles. The van der Waals surface area contributed by atoms with Gasteiger partial charge in [-0.05, 0) is 59.1 Å². The summed E-state index contributed by atoms with van der Waals surface area (Å²) in [5, 5.41) is 6.57. The first kappa shape index (κ1) is 26.2. The fraction of sp³-hybridized carbons (Fsp3) is 0.297. The molecule has 0 bridgehead atoms. The Balaban J connectivity index is 1.38. The SMILES string of the molecule is Cc1cccc(C2=CC3=C([Si]2)C2=C(C=C(C4CCCC([Si](C)(C)C)C4)[Si]2)C3(c2ccccc2)c2ccccc2)c1. The molecule has 3 heteroatoms. The fourth-order valence-electron chi connectivity index (χ4n) is 7.67. The van der Waals surface area contributed by atoms with E-state index in [-0.39, 0.29) is 5.41 Å². The van der Waals surface area contributed by atoms with Gasteiger partial charge in [-0.1, -0.05) is 156 Å². The van der Waals surface area contributed by atoms with Gasteiger partial charge in [0.2, 0.25) is 0 Å². The second kappa shape index (κ2) is 9.97. The van der Waals surface area contributed by atoms with E-state index < -0.39 is 8.07 Å². The predicted octanol–water partition coefficient (Wildman–Crippen LogP) is 9.06. The third kappa shape index (κ3) is 4.20. The van der Waals surface area contributed by atoms with Gasteiger partial charge in [-0.25, -0.2) is 0 Å². The Morgan fingerprint density at radius 3 is 2.02 bits per heavy atom. The molecule has 0 N–H and O–H groups in total. The number of aryl methyl sites for hydroxylation is 1. The summed E-state index contributed by atoms with van der Waals surface area (Å²) >= 11 is 0. The molecule has 198 valence electrons. The third-order valence-corrected chi connectivity index (χ3v) is 16.1. The number of hydrogen-bond donors (Lipinski definition) is 0. The van der Waals surface area contributed by atoms with E-state index in [0.29, 0.717) is 0 Å². The zero-order valence-electron chi connectivity index (χ0n) is 24.2. The largest absolute Gasteiger partial charge is 0.122 e. The molecule has 7 rings (SSSR count). The van der Waals surface area contributed by atoms with Gasteiger partial charge < -0.3 is 0 Å². The molecule has 0 nitrogen and oxygen atoms in total. The van der Waals surface area contributed by atoms with Crippen LogP contribution in [0, 0.1) is 12.8 Å². The van der Waals surface area contributed by atoms with Crippen LogP contribution in [0.25, 0.3) is 5.20 Å². The quantitative estimate of drug-likeness (QED) is 0.270. The molecule has 2 aliphatic carbocycles. The summed E-state index contributed by atoms with van der Waals surface area (Å²) in [5.41, 5.74) is 9.41. The Morgan fingerprint density at radius 1 is 0.725 bits per heavy atom. The Labute approximate surface area is 246 Å². The topological polar surface area (TPSA) is 0 Å². The van der Waals surface area contributed by atoms with Crippen molar-refractivity contribution >= 4 is 32.3 Å². The van der Waals surface area contributed by atoms with E-state index in [1.807, 2.05) is 0 Å².